The lowest BCUT2D eigenvalue weighted by atomic mass is 9.81. The van der Waals surface area contributed by atoms with Crippen LogP contribution in [0.1, 0.15) is 29.9 Å². The van der Waals surface area contributed by atoms with Gasteiger partial charge in [0.25, 0.3) is 0 Å². The number of carboxylic acid groups (broad SMARTS) is 1. The van der Waals surface area contributed by atoms with E-state index < -0.39 is 29.7 Å². The van der Waals surface area contributed by atoms with Crippen molar-refractivity contribution < 1.29 is 33.7 Å². The Labute approximate surface area is 198 Å². The number of carboxylic acids is 1. The van der Waals surface area contributed by atoms with Crippen LogP contribution >= 0.6 is 0 Å². The van der Waals surface area contributed by atoms with Gasteiger partial charge in [0.1, 0.15) is 6.61 Å². The normalized spacial score (nSPS) is 14.1. The zero-order valence-corrected chi connectivity index (χ0v) is 18.9. The van der Waals surface area contributed by atoms with E-state index in [4.69, 9.17) is 25.7 Å². The summed E-state index contributed by atoms with van der Waals surface area (Å²) >= 11 is 0. The number of hydrogen-bond acceptors (Lipinski definition) is 7. The van der Waals surface area contributed by atoms with Crippen molar-refractivity contribution in [1.82, 2.24) is 0 Å². The highest BCUT2D eigenvalue weighted by Gasteiger charge is 2.49. The zero-order chi connectivity index (χ0) is 24.6. The molecule has 0 aliphatic heterocycles. The number of primary amides is 1. The van der Waals surface area contributed by atoms with E-state index in [9.17, 15) is 19.5 Å². The van der Waals surface area contributed by atoms with Crippen molar-refractivity contribution in [2.75, 3.05) is 39.6 Å². The van der Waals surface area contributed by atoms with Crippen LogP contribution in [0.3, 0.4) is 0 Å². The molecule has 0 spiro atoms. The second-order valence-electron chi connectivity index (χ2n) is 8.12. The van der Waals surface area contributed by atoms with E-state index in [2.05, 4.69) is 0 Å². The van der Waals surface area contributed by atoms with Crippen molar-refractivity contribution in [2.24, 2.45) is 16.9 Å². The summed E-state index contributed by atoms with van der Waals surface area (Å²) in [6, 6.07) is 15.6. The van der Waals surface area contributed by atoms with Crippen LogP contribution in [0.15, 0.2) is 48.5 Å². The molecule has 0 aromatic heterocycles. The predicted octanol–water partition coefficient (Wildman–Crippen LogP) is 1.67. The molecule has 9 heteroatoms. The fourth-order valence-electron chi connectivity index (χ4n) is 4.22. The molecule has 0 heterocycles. The Balaban J connectivity index is 1.72. The smallest absolute Gasteiger partial charge is 0.324 e. The third-order valence-corrected chi connectivity index (χ3v) is 5.93. The molecule has 1 aliphatic carbocycles. The summed E-state index contributed by atoms with van der Waals surface area (Å²) in [7, 11) is 0. The van der Waals surface area contributed by atoms with Crippen molar-refractivity contribution in [3.05, 3.63) is 59.7 Å². The van der Waals surface area contributed by atoms with Crippen molar-refractivity contribution in [3.8, 4) is 11.1 Å². The molecule has 182 valence electrons. The second-order valence-corrected chi connectivity index (χ2v) is 8.12. The van der Waals surface area contributed by atoms with Crippen LogP contribution in [0.25, 0.3) is 11.1 Å². The quantitative estimate of drug-likeness (QED) is 0.214. The molecule has 9 nitrogen and oxygen atoms in total. The molecule has 0 bridgehead atoms. The fraction of sp³-hybridized carbons (Fsp3) is 0.400. The number of ether oxygens (including phenoxy) is 3. The summed E-state index contributed by atoms with van der Waals surface area (Å²) in [6.07, 6.45) is -0.953. The summed E-state index contributed by atoms with van der Waals surface area (Å²) in [5.41, 5.74) is 12.6. The maximum absolute atomic E-state index is 13.1. The average Bonchev–Trinajstić information content (AvgIpc) is 3.14. The first-order valence-electron chi connectivity index (χ1n) is 11.1. The lowest BCUT2D eigenvalue weighted by Gasteiger charge is -2.27. The third-order valence-electron chi connectivity index (χ3n) is 5.93. The lowest BCUT2D eigenvalue weighted by Crippen LogP contribution is -2.45. The second kappa shape index (κ2) is 11.7. The van der Waals surface area contributed by atoms with E-state index in [1.165, 1.54) is 0 Å². The molecule has 2 aromatic rings. The number of benzene rings is 2. The van der Waals surface area contributed by atoms with E-state index in [0.29, 0.717) is 13.2 Å². The van der Waals surface area contributed by atoms with Crippen LogP contribution in [0.5, 0.6) is 0 Å². The van der Waals surface area contributed by atoms with Gasteiger partial charge >= 0.3 is 11.9 Å². The molecular weight excluding hydrogens is 440 g/mol. The number of carbonyl (C=O) groups excluding carboxylic acids is 2. The van der Waals surface area contributed by atoms with Crippen LogP contribution < -0.4 is 11.5 Å². The highest BCUT2D eigenvalue weighted by molar-refractivity contribution is 6.02. The number of aliphatic carboxylic acids is 1. The Morgan fingerprint density at radius 3 is 1.97 bits per heavy atom. The molecule has 2 aromatic carbocycles. The largest absolute Gasteiger partial charge is 0.480 e. The van der Waals surface area contributed by atoms with Gasteiger partial charge in [-0.25, -0.2) is 0 Å². The first-order chi connectivity index (χ1) is 16.4. The van der Waals surface area contributed by atoms with Gasteiger partial charge in [-0.3, -0.25) is 14.4 Å². The molecule has 0 radical (unpaired) electrons. The Morgan fingerprint density at radius 1 is 0.882 bits per heavy atom. The molecule has 1 unspecified atom stereocenters. The maximum atomic E-state index is 13.1. The van der Waals surface area contributed by atoms with E-state index in [-0.39, 0.29) is 38.8 Å². The van der Waals surface area contributed by atoms with Gasteiger partial charge in [0.05, 0.1) is 26.2 Å². The van der Waals surface area contributed by atoms with Crippen molar-refractivity contribution >= 4 is 17.8 Å². The van der Waals surface area contributed by atoms with Gasteiger partial charge in [0.2, 0.25) is 5.91 Å². The highest BCUT2D eigenvalue weighted by atomic mass is 16.5. The van der Waals surface area contributed by atoms with Gasteiger partial charge in [0.15, 0.2) is 5.41 Å². The van der Waals surface area contributed by atoms with E-state index in [0.717, 1.165) is 22.3 Å². The number of amides is 1. The van der Waals surface area contributed by atoms with Crippen molar-refractivity contribution in [3.63, 3.8) is 0 Å². The molecule has 1 atom stereocenters. The summed E-state index contributed by atoms with van der Waals surface area (Å²) in [5, 5.41) is 9.92. The molecule has 0 saturated heterocycles. The van der Waals surface area contributed by atoms with E-state index in [1.807, 2.05) is 48.5 Å². The summed E-state index contributed by atoms with van der Waals surface area (Å²) < 4.78 is 16.2. The van der Waals surface area contributed by atoms with Crippen LogP contribution in [0.2, 0.25) is 0 Å². The molecule has 0 saturated carbocycles. The Hall–Kier alpha value is -3.27. The minimum atomic E-state index is -2.14. The van der Waals surface area contributed by atoms with Gasteiger partial charge in [-0.2, -0.15) is 0 Å². The summed E-state index contributed by atoms with van der Waals surface area (Å²) in [4.78, 5) is 37.0. The third kappa shape index (κ3) is 5.61. The van der Waals surface area contributed by atoms with Gasteiger partial charge in [0, 0.05) is 19.1 Å². The molecule has 0 fully saturated rings. The monoisotopic (exact) mass is 470 g/mol. The predicted molar refractivity (Wildman–Crippen MR) is 124 cm³/mol. The SMILES string of the molecule is NCCOCCOCCC(CC(N)=O)(C(=O)O)C(=O)OCC1c2ccccc2-c2ccccc21. The Morgan fingerprint density at radius 2 is 1.44 bits per heavy atom. The zero-order valence-electron chi connectivity index (χ0n) is 18.9. The lowest BCUT2D eigenvalue weighted by molar-refractivity contribution is -0.172. The van der Waals surface area contributed by atoms with E-state index in [1.54, 1.807) is 0 Å². The van der Waals surface area contributed by atoms with Crippen molar-refractivity contribution in [1.29, 1.82) is 0 Å². The fourth-order valence-corrected chi connectivity index (χ4v) is 4.22. The van der Waals surface area contributed by atoms with Crippen LogP contribution in [-0.2, 0) is 28.6 Å². The first-order valence-corrected chi connectivity index (χ1v) is 11.1. The number of carbonyl (C=O) groups is 3. The molecule has 5 N–H and O–H groups in total. The minimum absolute atomic E-state index is 0.0611. The first kappa shape index (κ1) is 25.4. The molecular formula is C25H30N2O7. The van der Waals surface area contributed by atoms with Gasteiger partial charge < -0.3 is 30.8 Å². The van der Waals surface area contributed by atoms with Crippen molar-refractivity contribution in [2.45, 2.75) is 18.8 Å². The van der Waals surface area contributed by atoms with Crippen LogP contribution in [0, 0.1) is 5.41 Å². The average molecular weight is 471 g/mol. The Kier molecular flexibility index (Phi) is 8.75. The number of rotatable bonds is 14. The van der Waals surface area contributed by atoms with Crippen LogP contribution in [-0.4, -0.2) is 62.5 Å². The topological polar surface area (TPSA) is 151 Å². The number of esters is 1. The minimum Gasteiger partial charge on any atom is -0.480 e. The van der Waals surface area contributed by atoms with Gasteiger partial charge in [-0.15, -0.1) is 0 Å². The molecule has 34 heavy (non-hydrogen) atoms. The van der Waals surface area contributed by atoms with Gasteiger partial charge in [-0.05, 0) is 28.7 Å². The van der Waals surface area contributed by atoms with E-state index >= 15 is 0 Å². The molecule has 1 aliphatic rings. The maximum Gasteiger partial charge on any atom is 0.324 e. The standard InChI is InChI=1S/C25H30N2O7/c26-10-12-33-14-13-32-11-9-25(23(29)30,15-22(27)28)24(31)34-16-21-19-7-3-1-5-17(19)18-6-2-4-8-20(18)21/h1-8,21H,9-16,26H2,(H2,27,28)(H,29,30). The highest BCUT2D eigenvalue weighted by Crippen LogP contribution is 2.44. The number of nitrogens with two attached hydrogens (primary N) is 2. The van der Waals surface area contributed by atoms with Crippen LogP contribution in [0.4, 0.5) is 0 Å². The number of hydrogen-bond donors (Lipinski definition) is 3. The number of fused-ring (bicyclic) bond motifs is 3. The molecule has 1 amide bonds. The van der Waals surface area contributed by atoms with Gasteiger partial charge in [-0.1, -0.05) is 48.5 Å². The summed E-state index contributed by atoms with van der Waals surface area (Å²) in [6.45, 7) is 1.07. The molecule has 3 rings (SSSR count). The summed E-state index contributed by atoms with van der Waals surface area (Å²) in [5.74, 6) is -3.65. The Bertz CT molecular complexity index is 980.